The van der Waals surface area contributed by atoms with Crippen molar-refractivity contribution in [2.45, 2.75) is 24.7 Å². The van der Waals surface area contributed by atoms with Crippen LogP contribution in [0.4, 0.5) is 5.69 Å². The first-order chi connectivity index (χ1) is 15.3. The van der Waals surface area contributed by atoms with E-state index in [1.54, 1.807) is 24.4 Å². The zero-order valence-electron chi connectivity index (χ0n) is 17.2. The van der Waals surface area contributed by atoms with Crippen molar-refractivity contribution < 1.29 is 13.2 Å². The standard InChI is InChI=1S/C21H22N6O4S/c1-13-14(12-23-26-13)5-4-10-22-20(28)16-6-2-3-7-17(16)27-32(30,31)15-8-9-18-19(11-15)25-21(29)24-18/h2-3,6-9,11-12,27H,4-5,10H2,1H3,(H,22,28)(H,23,26)(H2,24,25,29). The Bertz CT molecular complexity index is 1430. The predicted molar refractivity (Wildman–Crippen MR) is 120 cm³/mol. The van der Waals surface area contributed by atoms with Crippen LogP contribution in [-0.2, 0) is 16.4 Å². The molecule has 0 aliphatic rings. The largest absolute Gasteiger partial charge is 0.352 e. The summed E-state index contributed by atoms with van der Waals surface area (Å²) in [6, 6.07) is 10.6. The number of imidazole rings is 1. The lowest BCUT2D eigenvalue weighted by molar-refractivity contribution is 0.0954. The summed E-state index contributed by atoms with van der Waals surface area (Å²) in [5.41, 5.74) is 2.92. The van der Waals surface area contributed by atoms with Gasteiger partial charge in [-0.1, -0.05) is 12.1 Å². The molecule has 2 aromatic carbocycles. The molecule has 0 saturated heterocycles. The molecule has 32 heavy (non-hydrogen) atoms. The molecule has 5 N–H and O–H groups in total. The molecule has 4 aromatic rings. The molecule has 11 heteroatoms. The first-order valence-electron chi connectivity index (χ1n) is 9.94. The highest BCUT2D eigenvalue weighted by molar-refractivity contribution is 7.92. The molecule has 0 atom stereocenters. The van der Waals surface area contributed by atoms with Crippen molar-refractivity contribution in [1.29, 1.82) is 0 Å². The van der Waals surface area contributed by atoms with Crippen molar-refractivity contribution in [3.63, 3.8) is 0 Å². The summed E-state index contributed by atoms with van der Waals surface area (Å²) in [4.78, 5) is 29.2. The fraction of sp³-hybridized carbons (Fsp3) is 0.190. The number of hydrogen-bond donors (Lipinski definition) is 5. The van der Waals surface area contributed by atoms with Crippen LogP contribution in [0.25, 0.3) is 11.0 Å². The third-order valence-electron chi connectivity index (χ3n) is 5.06. The molecule has 0 spiro atoms. The predicted octanol–water partition coefficient (Wildman–Crippen LogP) is 2.05. The van der Waals surface area contributed by atoms with Crippen LogP contribution in [0.15, 0.2) is 58.4 Å². The lowest BCUT2D eigenvalue weighted by Crippen LogP contribution is -2.26. The first kappa shape index (κ1) is 21.4. The van der Waals surface area contributed by atoms with Crippen LogP contribution in [0.1, 0.15) is 28.0 Å². The topological polar surface area (TPSA) is 153 Å². The highest BCUT2D eigenvalue weighted by atomic mass is 32.2. The number of carbonyl (C=O) groups is 1. The Morgan fingerprint density at radius 2 is 1.88 bits per heavy atom. The van der Waals surface area contributed by atoms with E-state index in [4.69, 9.17) is 0 Å². The van der Waals surface area contributed by atoms with Crippen LogP contribution in [-0.4, -0.2) is 41.0 Å². The molecule has 0 aliphatic carbocycles. The van der Waals surface area contributed by atoms with Crippen LogP contribution in [0.3, 0.4) is 0 Å². The number of rotatable bonds is 8. The second kappa shape index (κ2) is 8.71. The Labute approximate surface area is 183 Å². The SMILES string of the molecule is Cc1[nH]ncc1CCCNC(=O)c1ccccc1NS(=O)(=O)c1ccc2[nH]c(=O)[nH]c2c1. The number of nitrogens with zero attached hydrogens (tertiary/aromatic N) is 1. The number of aromatic nitrogens is 4. The molecule has 0 saturated carbocycles. The molecule has 166 valence electrons. The zero-order valence-corrected chi connectivity index (χ0v) is 18.0. The summed E-state index contributed by atoms with van der Waals surface area (Å²) in [6.07, 6.45) is 3.25. The number of amides is 1. The van der Waals surface area contributed by atoms with E-state index < -0.39 is 15.7 Å². The molecule has 2 heterocycles. The lowest BCUT2D eigenvalue weighted by atomic mass is 10.1. The van der Waals surface area contributed by atoms with Gasteiger partial charge in [0.25, 0.3) is 15.9 Å². The van der Waals surface area contributed by atoms with Crippen molar-refractivity contribution in [3.8, 4) is 0 Å². The second-order valence-electron chi connectivity index (χ2n) is 7.32. The van der Waals surface area contributed by atoms with Crippen LogP contribution < -0.4 is 15.7 Å². The van der Waals surface area contributed by atoms with Crippen LogP contribution in [0.5, 0.6) is 0 Å². The van der Waals surface area contributed by atoms with Crippen LogP contribution >= 0.6 is 0 Å². The van der Waals surface area contributed by atoms with E-state index in [1.165, 1.54) is 24.3 Å². The van der Waals surface area contributed by atoms with Gasteiger partial charge in [0.1, 0.15) is 0 Å². The number of hydrogen-bond acceptors (Lipinski definition) is 5. The quantitative estimate of drug-likeness (QED) is 0.258. The number of nitrogens with one attached hydrogen (secondary N) is 5. The maximum Gasteiger partial charge on any atom is 0.323 e. The number of aryl methyl sites for hydroxylation is 2. The van der Waals surface area contributed by atoms with Gasteiger partial charge in [0, 0.05) is 12.2 Å². The summed E-state index contributed by atoms with van der Waals surface area (Å²) < 4.78 is 28.3. The van der Waals surface area contributed by atoms with Gasteiger partial charge < -0.3 is 15.3 Å². The monoisotopic (exact) mass is 454 g/mol. The average Bonchev–Trinajstić information content (AvgIpc) is 3.34. The molecule has 0 aliphatic heterocycles. The summed E-state index contributed by atoms with van der Waals surface area (Å²) in [5, 5.41) is 9.68. The van der Waals surface area contributed by atoms with Crippen molar-refractivity contribution in [2.24, 2.45) is 0 Å². The minimum Gasteiger partial charge on any atom is -0.352 e. The van der Waals surface area contributed by atoms with E-state index in [2.05, 4.69) is 30.2 Å². The van der Waals surface area contributed by atoms with Gasteiger partial charge in [-0.05, 0) is 55.7 Å². The van der Waals surface area contributed by atoms with Crippen LogP contribution in [0, 0.1) is 6.92 Å². The van der Waals surface area contributed by atoms with E-state index in [0.29, 0.717) is 17.6 Å². The van der Waals surface area contributed by atoms with Crippen molar-refractivity contribution in [2.75, 3.05) is 11.3 Å². The molecular formula is C21H22N6O4S. The van der Waals surface area contributed by atoms with Gasteiger partial charge in [0.15, 0.2) is 0 Å². The normalized spacial score (nSPS) is 11.5. The van der Waals surface area contributed by atoms with Crippen LogP contribution in [0.2, 0.25) is 0 Å². The van der Waals surface area contributed by atoms with Crippen molar-refractivity contribution in [1.82, 2.24) is 25.5 Å². The van der Waals surface area contributed by atoms with E-state index in [0.717, 1.165) is 24.1 Å². The maximum absolute atomic E-state index is 12.9. The Morgan fingerprint density at radius 3 is 2.66 bits per heavy atom. The lowest BCUT2D eigenvalue weighted by Gasteiger charge is -2.13. The third-order valence-corrected chi connectivity index (χ3v) is 6.42. The van der Waals surface area contributed by atoms with Gasteiger partial charge in [-0.25, -0.2) is 13.2 Å². The molecule has 0 radical (unpaired) electrons. The number of para-hydroxylation sites is 1. The summed E-state index contributed by atoms with van der Waals surface area (Å²) in [7, 11) is -3.99. The van der Waals surface area contributed by atoms with E-state index in [-0.39, 0.29) is 22.1 Å². The zero-order chi connectivity index (χ0) is 22.7. The second-order valence-corrected chi connectivity index (χ2v) is 9.00. The number of H-pyrrole nitrogens is 3. The maximum atomic E-state index is 12.9. The summed E-state index contributed by atoms with van der Waals surface area (Å²) in [6.45, 7) is 2.37. The number of anilines is 1. The summed E-state index contributed by atoms with van der Waals surface area (Å²) in [5.74, 6) is -0.377. The van der Waals surface area contributed by atoms with Gasteiger partial charge >= 0.3 is 5.69 Å². The molecule has 1 amide bonds. The Kier molecular flexibility index (Phi) is 5.82. The van der Waals surface area contributed by atoms with E-state index in [1.807, 2.05) is 6.92 Å². The highest BCUT2D eigenvalue weighted by Gasteiger charge is 2.19. The van der Waals surface area contributed by atoms with E-state index >= 15 is 0 Å². The van der Waals surface area contributed by atoms with Gasteiger partial charge in [0.05, 0.1) is 33.4 Å². The number of sulfonamides is 1. The highest BCUT2D eigenvalue weighted by Crippen LogP contribution is 2.22. The average molecular weight is 455 g/mol. The minimum absolute atomic E-state index is 0.0362. The van der Waals surface area contributed by atoms with E-state index in [9.17, 15) is 18.0 Å². The Hall–Kier alpha value is -3.86. The number of benzene rings is 2. The molecular weight excluding hydrogens is 432 g/mol. The molecule has 2 aromatic heterocycles. The Morgan fingerprint density at radius 1 is 1.09 bits per heavy atom. The molecule has 4 rings (SSSR count). The number of carbonyl (C=O) groups excluding carboxylic acids is 1. The fourth-order valence-corrected chi connectivity index (χ4v) is 4.46. The molecule has 10 nitrogen and oxygen atoms in total. The molecule has 0 unspecified atom stereocenters. The minimum atomic E-state index is -3.99. The number of fused-ring (bicyclic) bond motifs is 1. The third kappa shape index (κ3) is 4.57. The van der Waals surface area contributed by atoms with Crippen molar-refractivity contribution in [3.05, 3.63) is 76.0 Å². The van der Waals surface area contributed by atoms with Gasteiger partial charge in [-0.3, -0.25) is 14.6 Å². The number of aromatic amines is 3. The first-order valence-corrected chi connectivity index (χ1v) is 11.4. The fourth-order valence-electron chi connectivity index (χ4n) is 3.36. The smallest absolute Gasteiger partial charge is 0.323 e. The molecule has 0 fully saturated rings. The summed E-state index contributed by atoms with van der Waals surface area (Å²) >= 11 is 0. The van der Waals surface area contributed by atoms with Gasteiger partial charge in [0.2, 0.25) is 0 Å². The molecule has 0 bridgehead atoms. The van der Waals surface area contributed by atoms with Crippen molar-refractivity contribution >= 4 is 32.7 Å². The van der Waals surface area contributed by atoms with Gasteiger partial charge in [-0.15, -0.1) is 0 Å². The van der Waals surface area contributed by atoms with Gasteiger partial charge in [-0.2, -0.15) is 5.10 Å². The Balaban J connectivity index is 1.46.